The Morgan fingerprint density at radius 1 is 1.30 bits per heavy atom. The molecular weight excluding hydrogens is 485 g/mol. The molecule has 1 aliphatic heterocycles. The van der Waals surface area contributed by atoms with Crippen molar-refractivity contribution in [3.8, 4) is 0 Å². The first kappa shape index (κ1) is 24.4. The van der Waals surface area contributed by atoms with E-state index in [1.165, 1.54) is 16.8 Å². The van der Waals surface area contributed by atoms with Crippen LogP contribution in [0.25, 0.3) is 0 Å². The van der Waals surface area contributed by atoms with E-state index in [0.29, 0.717) is 34.8 Å². The molecule has 0 saturated heterocycles. The van der Waals surface area contributed by atoms with Crippen LogP contribution in [-0.4, -0.2) is 40.3 Å². The number of benzene rings is 1. The van der Waals surface area contributed by atoms with Crippen LogP contribution in [0.3, 0.4) is 0 Å². The van der Waals surface area contributed by atoms with Crippen molar-refractivity contribution in [3.05, 3.63) is 46.0 Å². The van der Waals surface area contributed by atoms with Crippen LogP contribution in [0.5, 0.6) is 0 Å². The molecule has 1 fully saturated rings. The lowest BCUT2D eigenvalue weighted by Gasteiger charge is -2.35. The fourth-order valence-electron chi connectivity index (χ4n) is 4.90. The monoisotopic (exact) mass is 512 g/mol. The second-order valence-corrected chi connectivity index (χ2v) is 11.2. The van der Waals surface area contributed by atoms with Crippen molar-refractivity contribution in [3.63, 3.8) is 0 Å². The topological polar surface area (TPSA) is 75.7 Å². The van der Waals surface area contributed by atoms with Gasteiger partial charge in [0.15, 0.2) is 0 Å². The van der Waals surface area contributed by atoms with Crippen molar-refractivity contribution >= 4 is 50.8 Å². The van der Waals surface area contributed by atoms with Crippen molar-refractivity contribution in [2.45, 2.75) is 51.0 Å². The lowest BCUT2D eigenvalue weighted by atomic mass is 9.84. The summed E-state index contributed by atoms with van der Waals surface area (Å²) in [6, 6.07) is 7.25. The molecule has 0 spiro atoms. The van der Waals surface area contributed by atoms with Gasteiger partial charge in [0.2, 0.25) is 5.91 Å². The lowest BCUT2D eigenvalue weighted by molar-refractivity contribution is -0.122. The first-order chi connectivity index (χ1) is 15.9. The number of nitrogens with one attached hydrogen (secondary N) is 1. The third kappa shape index (κ3) is 6.07. The van der Waals surface area contributed by atoms with E-state index in [9.17, 15) is 17.9 Å². The number of hydrogen-bond donors (Lipinski definition) is 1. The summed E-state index contributed by atoms with van der Waals surface area (Å²) < 4.78 is 39.6. The van der Waals surface area contributed by atoms with E-state index < -0.39 is 17.3 Å². The molecule has 0 bridgehead atoms. The van der Waals surface area contributed by atoms with Gasteiger partial charge in [-0.05, 0) is 54.7 Å². The Bertz CT molecular complexity index is 999. The molecule has 0 radical (unpaired) electrons. The van der Waals surface area contributed by atoms with E-state index in [0.717, 1.165) is 61.2 Å². The summed E-state index contributed by atoms with van der Waals surface area (Å²) in [5, 5.41) is 3.40. The Labute approximate surface area is 205 Å². The van der Waals surface area contributed by atoms with E-state index in [-0.39, 0.29) is 11.7 Å². The van der Waals surface area contributed by atoms with Crippen molar-refractivity contribution < 1.29 is 17.9 Å². The van der Waals surface area contributed by atoms with Crippen molar-refractivity contribution in [2.24, 2.45) is 5.92 Å². The van der Waals surface area contributed by atoms with E-state index in [1.54, 1.807) is 24.3 Å². The van der Waals surface area contributed by atoms with Gasteiger partial charge in [0.1, 0.15) is 16.9 Å². The van der Waals surface area contributed by atoms with Gasteiger partial charge < -0.3 is 14.8 Å². The first-order valence-electron chi connectivity index (χ1n) is 11.4. The average Bonchev–Trinajstić information content (AvgIpc) is 3.39. The number of hydrogen-bond acceptors (Lipinski definition) is 5. The minimum absolute atomic E-state index is 0.242. The summed E-state index contributed by atoms with van der Waals surface area (Å²) in [6.45, 7) is 1.72. The Balaban J connectivity index is 1.44. The van der Waals surface area contributed by atoms with Gasteiger partial charge in [-0.1, -0.05) is 43.7 Å². The standard InChI is InChI=1S/C23H29ClFN3O3S2/c24-21-8-9-22(32-21)28(33(30)31)20(14-16-4-2-1-3-5-16)23(29)26-11-13-27-12-10-17-15-18(25)6-7-19(17)27/h6-9,15-16,20H,1-5,10-14H2,(H,26,29)(H,30,31)/p-1. The summed E-state index contributed by atoms with van der Waals surface area (Å²) in [6.07, 6.45) is 6.68. The van der Waals surface area contributed by atoms with Crippen molar-refractivity contribution in [1.82, 2.24) is 5.32 Å². The zero-order valence-electron chi connectivity index (χ0n) is 18.3. The molecule has 2 unspecified atom stereocenters. The number of rotatable bonds is 9. The molecule has 4 rings (SSSR count). The Morgan fingerprint density at radius 2 is 2.09 bits per heavy atom. The SMILES string of the molecule is O=C(NCCN1CCc2cc(F)ccc21)C(CC1CCCCC1)N(c1ccc(Cl)s1)S(=O)[O-]. The Kier molecular flexibility index (Phi) is 8.27. The highest BCUT2D eigenvalue weighted by Crippen LogP contribution is 2.35. The molecule has 1 amide bonds. The number of nitrogens with zero attached hydrogens (tertiary/aromatic N) is 2. The molecule has 2 heterocycles. The molecular formula is C23H28ClFN3O3S2-. The van der Waals surface area contributed by atoms with Crippen LogP contribution in [0.2, 0.25) is 4.34 Å². The van der Waals surface area contributed by atoms with Crippen LogP contribution in [0.15, 0.2) is 30.3 Å². The number of thiophene rings is 1. The quantitative estimate of drug-likeness (QED) is 0.496. The summed E-state index contributed by atoms with van der Waals surface area (Å²) in [4.78, 5) is 15.4. The van der Waals surface area contributed by atoms with Gasteiger partial charge in [-0.2, -0.15) is 0 Å². The number of carbonyl (C=O) groups is 1. The number of fused-ring (bicyclic) bond motifs is 1. The van der Waals surface area contributed by atoms with Gasteiger partial charge in [0.25, 0.3) is 0 Å². The van der Waals surface area contributed by atoms with Gasteiger partial charge in [0, 0.05) is 36.6 Å². The highest BCUT2D eigenvalue weighted by atomic mass is 35.5. The second-order valence-electron chi connectivity index (χ2n) is 8.68. The molecule has 180 valence electrons. The molecule has 2 aromatic rings. The molecule has 1 saturated carbocycles. The molecule has 2 aliphatic rings. The Hall–Kier alpha value is -1.68. The second kappa shape index (κ2) is 11.2. The fourth-order valence-corrected chi connectivity index (χ4v) is 6.79. The predicted molar refractivity (Wildman–Crippen MR) is 131 cm³/mol. The van der Waals surface area contributed by atoms with Gasteiger partial charge >= 0.3 is 0 Å². The normalized spacial score (nSPS) is 18.1. The summed E-state index contributed by atoms with van der Waals surface area (Å²) in [7, 11) is 0. The molecule has 33 heavy (non-hydrogen) atoms. The summed E-state index contributed by atoms with van der Waals surface area (Å²) in [5.41, 5.74) is 1.96. The van der Waals surface area contributed by atoms with Crippen molar-refractivity contribution in [2.75, 3.05) is 28.8 Å². The zero-order valence-corrected chi connectivity index (χ0v) is 20.7. The smallest absolute Gasteiger partial charge is 0.243 e. The van der Waals surface area contributed by atoms with E-state index in [1.807, 2.05) is 0 Å². The average molecular weight is 513 g/mol. The maximum absolute atomic E-state index is 13.5. The first-order valence-corrected chi connectivity index (χ1v) is 13.6. The zero-order chi connectivity index (χ0) is 23.4. The minimum Gasteiger partial charge on any atom is -0.755 e. The summed E-state index contributed by atoms with van der Waals surface area (Å²) in [5.74, 6) is -0.224. The molecule has 1 aromatic heterocycles. The molecule has 1 aliphatic carbocycles. The number of anilines is 2. The number of amides is 1. The Morgan fingerprint density at radius 3 is 2.79 bits per heavy atom. The largest absolute Gasteiger partial charge is 0.755 e. The molecule has 10 heteroatoms. The van der Waals surface area contributed by atoms with E-state index in [4.69, 9.17) is 11.6 Å². The van der Waals surface area contributed by atoms with Crippen LogP contribution in [0.1, 0.15) is 44.1 Å². The summed E-state index contributed by atoms with van der Waals surface area (Å²) >= 11 is 4.60. The van der Waals surface area contributed by atoms with Crippen LogP contribution in [0.4, 0.5) is 15.1 Å². The third-order valence-electron chi connectivity index (χ3n) is 6.52. The fraction of sp³-hybridized carbons (Fsp3) is 0.522. The maximum Gasteiger partial charge on any atom is 0.243 e. The van der Waals surface area contributed by atoms with Crippen LogP contribution in [0, 0.1) is 11.7 Å². The van der Waals surface area contributed by atoms with Gasteiger partial charge in [0.05, 0.1) is 4.34 Å². The highest BCUT2D eigenvalue weighted by molar-refractivity contribution is 7.81. The lowest BCUT2D eigenvalue weighted by Crippen LogP contribution is -2.50. The molecule has 2 atom stereocenters. The van der Waals surface area contributed by atoms with Gasteiger partial charge in [-0.3, -0.25) is 13.3 Å². The molecule has 1 aromatic carbocycles. The molecule has 6 nitrogen and oxygen atoms in total. The van der Waals surface area contributed by atoms with Crippen LogP contribution < -0.4 is 14.5 Å². The number of carbonyl (C=O) groups excluding carboxylic acids is 1. The minimum atomic E-state index is -2.61. The van der Waals surface area contributed by atoms with Crippen LogP contribution in [-0.2, 0) is 22.5 Å². The maximum atomic E-state index is 13.5. The van der Waals surface area contributed by atoms with Gasteiger partial charge in [-0.15, -0.1) is 11.3 Å². The van der Waals surface area contributed by atoms with E-state index >= 15 is 0 Å². The van der Waals surface area contributed by atoms with Crippen LogP contribution >= 0.6 is 22.9 Å². The third-order valence-corrected chi connectivity index (χ3v) is 8.64. The number of halogens is 2. The van der Waals surface area contributed by atoms with Crippen molar-refractivity contribution in [1.29, 1.82) is 0 Å². The predicted octanol–water partition coefficient (Wildman–Crippen LogP) is 4.66. The van der Waals surface area contributed by atoms with Gasteiger partial charge in [-0.25, -0.2) is 4.39 Å². The molecule has 1 N–H and O–H groups in total. The van der Waals surface area contributed by atoms with E-state index in [2.05, 4.69) is 10.2 Å². The highest BCUT2D eigenvalue weighted by Gasteiger charge is 2.32.